The van der Waals surface area contributed by atoms with E-state index in [1.807, 2.05) is 0 Å². The van der Waals surface area contributed by atoms with Gasteiger partial charge in [0.05, 0.1) is 21.8 Å². The van der Waals surface area contributed by atoms with Crippen LogP contribution in [0.1, 0.15) is 17.3 Å². The molecule has 0 saturated heterocycles. The summed E-state index contributed by atoms with van der Waals surface area (Å²) in [7, 11) is 0. The molecule has 0 radical (unpaired) electrons. The van der Waals surface area contributed by atoms with Crippen LogP contribution >= 0.6 is 23.2 Å². The summed E-state index contributed by atoms with van der Waals surface area (Å²) < 4.78 is 0. The molecular weight excluding hydrogens is 251 g/mol. The third kappa shape index (κ3) is 3.27. The SMILES string of the molecule is CC(O)CNC(=O)c1cc(N)c(Cl)c(Cl)c1. The molecule has 1 amide bonds. The molecule has 0 aromatic heterocycles. The van der Waals surface area contributed by atoms with Crippen LogP contribution in [0.5, 0.6) is 0 Å². The zero-order chi connectivity index (χ0) is 12.3. The Morgan fingerprint density at radius 2 is 2.19 bits per heavy atom. The molecule has 1 atom stereocenters. The van der Waals surface area contributed by atoms with Crippen molar-refractivity contribution in [1.29, 1.82) is 0 Å². The monoisotopic (exact) mass is 262 g/mol. The Hall–Kier alpha value is -0.970. The van der Waals surface area contributed by atoms with E-state index in [4.69, 9.17) is 34.0 Å². The molecule has 1 aromatic rings. The van der Waals surface area contributed by atoms with Gasteiger partial charge in [-0.1, -0.05) is 23.2 Å². The first-order chi connectivity index (χ1) is 7.41. The van der Waals surface area contributed by atoms with Gasteiger partial charge in [0, 0.05) is 12.1 Å². The van der Waals surface area contributed by atoms with E-state index in [-0.39, 0.29) is 28.2 Å². The van der Waals surface area contributed by atoms with Crippen molar-refractivity contribution in [2.75, 3.05) is 12.3 Å². The highest BCUT2D eigenvalue weighted by Gasteiger charge is 2.11. The lowest BCUT2D eigenvalue weighted by Crippen LogP contribution is -2.30. The summed E-state index contributed by atoms with van der Waals surface area (Å²) >= 11 is 11.5. The van der Waals surface area contributed by atoms with Crippen molar-refractivity contribution in [3.8, 4) is 0 Å². The number of nitrogens with one attached hydrogen (secondary N) is 1. The van der Waals surface area contributed by atoms with Crippen LogP contribution in [0.3, 0.4) is 0 Å². The first-order valence-electron chi connectivity index (χ1n) is 4.62. The molecule has 88 valence electrons. The second kappa shape index (κ2) is 5.39. The average Bonchev–Trinajstić information content (AvgIpc) is 2.21. The Morgan fingerprint density at radius 3 is 2.69 bits per heavy atom. The molecule has 4 N–H and O–H groups in total. The van der Waals surface area contributed by atoms with Crippen LogP contribution in [-0.4, -0.2) is 23.7 Å². The maximum atomic E-state index is 11.6. The second-order valence-corrected chi connectivity index (χ2v) is 4.21. The Kier molecular flexibility index (Phi) is 4.41. The molecule has 1 unspecified atom stereocenters. The predicted octanol–water partition coefficient (Wildman–Crippen LogP) is 1.69. The summed E-state index contributed by atoms with van der Waals surface area (Å²) in [6.45, 7) is 1.74. The molecule has 6 heteroatoms. The van der Waals surface area contributed by atoms with Gasteiger partial charge >= 0.3 is 0 Å². The third-order valence-corrected chi connectivity index (χ3v) is 2.69. The highest BCUT2D eigenvalue weighted by Crippen LogP contribution is 2.29. The van der Waals surface area contributed by atoms with Crippen LogP contribution < -0.4 is 11.1 Å². The molecule has 0 aliphatic rings. The molecule has 0 aliphatic carbocycles. The number of nitrogens with two attached hydrogens (primary N) is 1. The summed E-state index contributed by atoms with van der Waals surface area (Å²) in [6.07, 6.45) is -0.607. The van der Waals surface area contributed by atoms with Gasteiger partial charge in [0.1, 0.15) is 0 Å². The van der Waals surface area contributed by atoms with Crippen molar-refractivity contribution < 1.29 is 9.90 Å². The van der Waals surface area contributed by atoms with Crippen molar-refractivity contribution in [1.82, 2.24) is 5.32 Å². The van der Waals surface area contributed by atoms with Gasteiger partial charge in [0.25, 0.3) is 5.91 Å². The maximum absolute atomic E-state index is 11.6. The molecule has 4 nitrogen and oxygen atoms in total. The fourth-order valence-electron chi connectivity index (χ4n) is 1.08. The van der Waals surface area contributed by atoms with Crippen molar-refractivity contribution >= 4 is 34.8 Å². The van der Waals surface area contributed by atoms with Crippen LogP contribution in [0.15, 0.2) is 12.1 Å². The average molecular weight is 263 g/mol. The minimum atomic E-state index is -0.607. The van der Waals surface area contributed by atoms with E-state index in [1.54, 1.807) is 6.92 Å². The number of aliphatic hydroxyl groups is 1. The highest BCUT2D eigenvalue weighted by molar-refractivity contribution is 6.43. The first kappa shape index (κ1) is 13.1. The van der Waals surface area contributed by atoms with Gasteiger partial charge in [-0.3, -0.25) is 4.79 Å². The quantitative estimate of drug-likeness (QED) is 0.726. The number of amides is 1. The maximum Gasteiger partial charge on any atom is 0.251 e. The molecule has 0 aliphatic heterocycles. The fraction of sp³-hybridized carbons (Fsp3) is 0.300. The van der Waals surface area contributed by atoms with Gasteiger partial charge in [-0.2, -0.15) is 0 Å². The fourth-order valence-corrected chi connectivity index (χ4v) is 1.42. The number of anilines is 1. The molecule has 1 aromatic carbocycles. The summed E-state index contributed by atoms with van der Waals surface area (Å²) in [6, 6.07) is 2.86. The minimum absolute atomic E-state index is 0.166. The first-order valence-corrected chi connectivity index (χ1v) is 5.38. The van der Waals surface area contributed by atoms with E-state index in [9.17, 15) is 4.79 Å². The lowest BCUT2D eigenvalue weighted by molar-refractivity contribution is 0.0924. The zero-order valence-electron chi connectivity index (χ0n) is 8.63. The van der Waals surface area contributed by atoms with Crippen LogP contribution in [0.25, 0.3) is 0 Å². The van der Waals surface area contributed by atoms with Gasteiger partial charge in [0.15, 0.2) is 0 Å². The van der Waals surface area contributed by atoms with Crippen LogP contribution in [0, 0.1) is 0 Å². The number of hydrogen-bond donors (Lipinski definition) is 3. The number of aliphatic hydroxyl groups excluding tert-OH is 1. The molecule has 16 heavy (non-hydrogen) atoms. The van der Waals surface area contributed by atoms with Crippen LogP contribution in [-0.2, 0) is 0 Å². The minimum Gasteiger partial charge on any atom is -0.397 e. The van der Waals surface area contributed by atoms with E-state index >= 15 is 0 Å². The molecule has 0 spiro atoms. The summed E-state index contributed by atoms with van der Waals surface area (Å²) in [5, 5.41) is 12.0. The van der Waals surface area contributed by atoms with Crippen LogP contribution in [0.2, 0.25) is 10.0 Å². The summed E-state index contributed by atoms with van der Waals surface area (Å²) in [5.41, 5.74) is 6.13. The van der Waals surface area contributed by atoms with Crippen molar-refractivity contribution in [2.24, 2.45) is 0 Å². The molecule has 0 bridgehead atoms. The number of halogens is 2. The lowest BCUT2D eigenvalue weighted by atomic mass is 10.2. The zero-order valence-corrected chi connectivity index (χ0v) is 10.1. The number of carbonyl (C=O) groups excluding carboxylic acids is 1. The predicted molar refractivity (Wildman–Crippen MR) is 64.9 cm³/mol. The van der Waals surface area contributed by atoms with E-state index in [0.717, 1.165) is 0 Å². The number of nitrogen functional groups attached to an aromatic ring is 1. The number of rotatable bonds is 3. The smallest absolute Gasteiger partial charge is 0.251 e. The van der Waals surface area contributed by atoms with Gasteiger partial charge in [0.2, 0.25) is 0 Å². The lowest BCUT2D eigenvalue weighted by Gasteiger charge is -2.09. The molecular formula is C10H12Cl2N2O2. The number of carbonyl (C=O) groups is 1. The Morgan fingerprint density at radius 1 is 1.56 bits per heavy atom. The topological polar surface area (TPSA) is 75.3 Å². The standard InChI is InChI=1S/C10H12Cl2N2O2/c1-5(15)4-14-10(16)6-2-7(11)9(12)8(13)3-6/h2-3,5,15H,4,13H2,1H3,(H,14,16). The van der Waals surface area contributed by atoms with E-state index in [2.05, 4.69) is 5.32 Å². The Labute approximate surface area is 103 Å². The third-order valence-electron chi connectivity index (χ3n) is 1.88. The summed E-state index contributed by atoms with van der Waals surface area (Å²) in [5.74, 6) is -0.355. The van der Waals surface area contributed by atoms with Crippen molar-refractivity contribution in [3.63, 3.8) is 0 Å². The van der Waals surface area contributed by atoms with Crippen LogP contribution in [0.4, 0.5) is 5.69 Å². The van der Waals surface area contributed by atoms with Crippen molar-refractivity contribution in [2.45, 2.75) is 13.0 Å². The van der Waals surface area contributed by atoms with E-state index in [1.165, 1.54) is 12.1 Å². The molecule has 0 saturated carbocycles. The number of benzene rings is 1. The summed E-state index contributed by atoms with van der Waals surface area (Å²) in [4.78, 5) is 11.6. The van der Waals surface area contributed by atoms with E-state index in [0.29, 0.717) is 5.56 Å². The second-order valence-electron chi connectivity index (χ2n) is 3.42. The Bertz CT molecular complexity index is 385. The highest BCUT2D eigenvalue weighted by atomic mass is 35.5. The number of hydrogen-bond acceptors (Lipinski definition) is 3. The van der Waals surface area contributed by atoms with Gasteiger partial charge in [-0.25, -0.2) is 0 Å². The molecule has 1 rings (SSSR count). The normalized spacial score (nSPS) is 12.2. The van der Waals surface area contributed by atoms with E-state index < -0.39 is 6.10 Å². The molecule has 0 heterocycles. The largest absolute Gasteiger partial charge is 0.397 e. The molecule has 0 fully saturated rings. The Balaban J connectivity index is 2.84. The van der Waals surface area contributed by atoms with Gasteiger partial charge < -0.3 is 16.2 Å². The van der Waals surface area contributed by atoms with Crippen molar-refractivity contribution in [3.05, 3.63) is 27.7 Å². The van der Waals surface area contributed by atoms with Gasteiger partial charge in [-0.05, 0) is 19.1 Å². The van der Waals surface area contributed by atoms with Gasteiger partial charge in [-0.15, -0.1) is 0 Å².